The van der Waals surface area contributed by atoms with Gasteiger partial charge < -0.3 is 25.1 Å². The van der Waals surface area contributed by atoms with Crippen LogP contribution in [0.15, 0.2) is 71.6 Å². The Bertz CT molecular complexity index is 1250. The number of benzene rings is 1. The summed E-state index contributed by atoms with van der Waals surface area (Å²) in [7, 11) is 0. The van der Waals surface area contributed by atoms with Crippen LogP contribution in [0.4, 0.5) is 16.2 Å². The van der Waals surface area contributed by atoms with Crippen molar-refractivity contribution in [1.29, 1.82) is 0 Å². The molecule has 0 saturated carbocycles. The molecule has 0 aliphatic carbocycles. The lowest BCUT2D eigenvalue weighted by Crippen LogP contribution is -2.36. The average Bonchev–Trinajstić information content (AvgIpc) is 3.54. The topological polar surface area (TPSA) is 154 Å². The molecule has 0 bridgehead atoms. The summed E-state index contributed by atoms with van der Waals surface area (Å²) in [6.45, 7) is 0.513. The molecule has 1 aromatic carbocycles. The minimum atomic E-state index is -1.06. The van der Waals surface area contributed by atoms with Gasteiger partial charge in [0.15, 0.2) is 0 Å². The number of carbonyl (C=O) groups is 4. The summed E-state index contributed by atoms with van der Waals surface area (Å²) in [6.07, 6.45) is 4.30. The number of carboxylic acids is 1. The number of carbonyl (C=O) groups excluding carboxylic acids is 3. The standard InChI is InChI=1S/C25H25N5O6S/c31-22-10-17(24(34)29-21(12-23(32)33)16-4-2-8-26-13-16)15-30(22)19-6-1-5-18(11-19)28-25(35)37-27-14-20-7-3-9-36-20/h1-9,11,13,17,21,27H,10,12,14-15H2,(H,28,35)(H,29,34)(H,32,33). The highest BCUT2D eigenvalue weighted by Crippen LogP contribution is 2.28. The molecule has 192 valence electrons. The fourth-order valence-electron chi connectivity index (χ4n) is 3.91. The van der Waals surface area contributed by atoms with Gasteiger partial charge in [0, 0.05) is 48.7 Å². The predicted molar refractivity (Wildman–Crippen MR) is 136 cm³/mol. The molecule has 1 aliphatic heterocycles. The fourth-order valence-corrected chi connectivity index (χ4v) is 4.43. The summed E-state index contributed by atoms with van der Waals surface area (Å²) in [4.78, 5) is 54.7. The molecule has 2 aromatic heterocycles. The molecule has 37 heavy (non-hydrogen) atoms. The fraction of sp³-hybridized carbons (Fsp3) is 0.240. The van der Waals surface area contributed by atoms with Crippen LogP contribution in [0.2, 0.25) is 0 Å². The van der Waals surface area contributed by atoms with Gasteiger partial charge in [0.1, 0.15) is 5.76 Å². The Balaban J connectivity index is 1.34. The highest BCUT2D eigenvalue weighted by Gasteiger charge is 2.36. The van der Waals surface area contributed by atoms with E-state index in [1.165, 1.54) is 11.1 Å². The van der Waals surface area contributed by atoms with Crippen LogP contribution >= 0.6 is 11.9 Å². The molecule has 4 N–H and O–H groups in total. The Morgan fingerprint density at radius 1 is 1.19 bits per heavy atom. The van der Waals surface area contributed by atoms with Crippen molar-refractivity contribution in [2.45, 2.75) is 25.4 Å². The number of aliphatic carboxylic acids is 1. The molecule has 2 atom stereocenters. The minimum Gasteiger partial charge on any atom is -0.481 e. The van der Waals surface area contributed by atoms with Crippen molar-refractivity contribution in [3.05, 3.63) is 78.5 Å². The van der Waals surface area contributed by atoms with E-state index in [0.29, 0.717) is 29.2 Å². The van der Waals surface area contributed by atoms with Crippen LogP contribution in [0.5, 0.6) is 0 Å². The molecule has 12 heteroatoms. The Hall–Kier alpha value is -4.16. The zero-order chi connectivity index (χ0) is 26.2. The first-order chi connectivity index (χ1) is 17.9. The van der Waals surface area contributed by atoms with E-state index in [9.17, 15) is 24.3 Å². The van der Waals surface area contributed by atoms with E-state index < -0.39 is 23.8 Å². The van der Waals surface area contributed by atoms with Crippen LogP contribution in [-0.2, 0) is 20.9 Å². The number of pyridine rings is 1. The summed E-state index contributed by atoms with van der Waals surface area (Å²) in [6, 6.07) is 12.9. The van der Waals surface area contributed by atoms with E-state index in [-0.39, 0.29) is 30.5 Å². The molecule has 3 aromatic rings. The highest BCUT2D eigenvalue weighted by atomic mass is 32.2. The number of hydrogen-bond acceptors (Lipinski definition) is 8. The third-order valence-electron chi connectivity index (χ3n) is 5.67. The van der Waals surface area contributed by atoms with Gasteiger partial charge in [-0.25, -0.2) is 4.72 Å². The first-order valence-corrected chi connectivity index (χ1v) is 12.3. The molecular formula is C25H25N5O6S. The maximum atomic E-state index is 13.0. The second-order valence-corrected chi connectivity index (χ2v) is 9.18. The number of nitrogens with one attached hydrogen (secondary N) is 3. The van der Waals surface area contributed by atoms with Gasteiger partial charge in [-0.05, 0) is 42.0 Å². The average molecular weight is 524 g/mol. The number of hydrogen-bond donors (Lipinski definition) is 4. The number of rotatable bonds is 10. The second-order valence-electron chi connectivity index (χ2n) is 8.32. The molecular weight excluding hydrogens is 498 g/mol. The van der Waals surface area contributed by atoms with E-state index >= 15 is 0 Å². The van der Waals surface area contributed by atoms with Gasteiger partial charge in [-0.15, -0.1) is 0 Å². The van der Waals surface area contributed by atoms with Crippen LogP contribution < -0.4 is 20.3 Å². The van der Waals surface area contributed by atoms with Gasteiger partial charge in [-0.2, -0.15) is 0 Å². The summed E-state index contributed by atoms with van der Waals surface area (Å²) < 4.78 is 8.10. The molecule has 11 nitrogen and oxygen atoms in total. The lowest BCUT2D eigenvalue weighted by Gasteiger charge is -2.20. The van der Waals surface area contributed by atoms with Crippen LogP contribution in [0.25, 0.3) is 0 Å². The zero-order valence-electron chi connectivity index (χ0n) is 19.6. The molecule has 1 fully saturated rings. The van der Waals surface area contributed by atoms with Gasteiger partial charge in [-0.1, -0.05) is 12.1 Å². The maximum absolute atomic E-state index is 13.0. The summed E-state index contributed by atoms with van der Waals surface area (Å²) in [5, 5.41) is 14.4. The van der Waals surface area contributed by atoms with E-state index in [1.54, 1.807) is 61.0 Å². The van der Waals surface area contributed by atoms with Crippen LogP contribution in [0.3, 0.4) is 0 Å². The van der Waals surface area contributed by atoms with E-state index in [2.05, 4.69) is 20.3 Å². The highest BCUT2D eigenvalue weighted by molar-refractivity contribution is 8.12. The van der Waals surface area contributed by atoms with Gasteiger partial charge in [0.25, 0.3) is 5.24 Å². The first-order valence-electron chi connectivity index (χ1n) is 11.4. The number of anilines is 2. The normalized spacial score (nSPS) is 15.8. The lowest BCUT2D eigenvalue weighted by molar-refractivity contribution is -0.138. The summed E-state index contributed by atoms with van der Waals surface area (Å²) >= 11 is 0.881. The van der Waals surface area contributed by atoms with E-state index in [4.69, 9.17) is 4.42 Å². The van der Waals surface area contributed by atoms with Gasteiger partial charge in [-0.3, -0.25) is 24.2 Å². The molecule has 1 aliphatic rings. The van der Waals surface area contributed by atoms with Crippen molar-refractivity contribution < 1.29 is 28.7 Å². The Morgan fingerprint density at radius 3 is 2.78 bits per heavy atom. The lowest BCUT2D eigenvalue weighted by atomic mass is 10.0. The van der Waals surface area contributed by atoms with E-state index in [0.717, 1.165) is 11.9 Å². The van der Waals surface area contributed by atoms with Crippen molar-refractivity contribution in [2.75, 3.05) is 16.8 Å². The van der Waals surface area contributed by atoms with Crippen molar-refractivity contribution in [1.82, 2.24) is 15.0 Å². The van der Waals surface area contributed by atoms with Gasteiger partial charge >= 0.3 is 5.97 Å². The number of aromatic nitrogens is 1. The number of amides is 3. The molecule has 4 rings (SSSR count). The smallest absolute Gasteiger partial charge is 0.305 e. The van der Waals surface area contributed by atoms with Crippen molar-refractivity contribution in [3.8, 4) is 0 Å². The Morgan fingerprint density at radius 2 is 2.05 bits per heavy atom. The Kier molecular flexibility index (Phi) is 8.54. The first kappa shape index (κ1) is 25.9. The quantitative estimate of drug-likeness (QED) is 0.293. The summed E-state index contributed by atoms with van der Waals surface area (Å²) in [5.41, 5.74) is 1.61. The third-order valence-corrected chi connectivity index (χ3v) is 6.25. The summed E-state index contributed by atoms with van der Waals surface area (Å²) in [5.74, 6) is -1.67. The molecule has 3 amide bonds. The molecule has 1 saturated heterocycles. The second kappa shape index (κ2) is 12.2. The molecule has 2 unspecified atom stereocenters. The molecule has 0 radical (unpaired) electrons. The predicted octanol–water partition coefficient (Wildman–Crippen LogP) is 3.33. The Labute approximate surface area is 216 Å². The molecule has 3 heterocycles. The van der Waals surface area contributed by atoms with E-state index in [1.807, 2.05) is 0 Å². The van der Waals surface area contributed by atoms with Crippen LogP contribution in [0, 0.1) is 5.92 Å². The zero-order valence-corrected chi connectivity index (χ0v) is 20.4. The van der Waals surface area contributed by atoms with Crippen molar-refractivity contribution in [2.24, 2.45) is 5.92 Å². The van der Waals surface area contributed by atoms with Gasteiger partial charge in [0.05, 0.1) is 31.2 Å². The van der Waals surface area contributed by atoms with Crippen molar-refractivity contribution >= 4 is 46.3 Å². The number of furan rings is 1. The number of nitrogens with zero attached hydrogens (tertiary/aromatic N) is 2. The number of carboxylic acid groups (broad SMARTS) is 1. The van der Waals surface area contributed by atoms with Crippen LogP contribution in [0.1, 0.15) is 30.2 Å². The maximum Gasteiger partial charge on any atom is 0.305 e. The molecule has 0 spiro atoms. The van der Waals surface area contributed by atoms with Crippen molar-refractivity contribution in [3.63, 3.8) is 0 Å². The van der Waals surface area contributed by atoms with Crippen LogP contribution in [-0.4, -0.2) is 39.7 Å². The third kappa shape index (κ3) is 7.18. The SMILES string of the molecule is O=C(O)CC(NC(=O)C1CC(=O)N(c2cccc(NC(=O)SNCc3ccco3)c2)C1)c1cccnc1. The van der Waals surface area contributed by atoms with Gasteiger partial charge in [0.2, 0.25) is 11.8 Å². The largest absolute Gasteiger partial charge is 0.481 e. The monoisotopic (exact) mass is 523 g/mol. The minimum absolute atomic E-state index is 0.0121.